The number of furan rings is 1. The maximum Gasteiger partial charge on any atom is 0.417 e. The molecule has 9 aromatic rings. The predicted octanol–water partition coefficient (Wildman–Crippen LogP) is 14.7. The monoisotopic (exact) mass is 680 g/mol. The molecular formula is C48H31F3O. The van der Waals surface area contributed by atoms with Gasteiger partial charge in [0, 0.05) is 21.9 Å². The molecule has 52 heavy (non-hydrogen) atoms. The highest BCUT2D eigenvalue weighted by molar-refractivity contribution is 6.24. The van der Waals surface area contributed by atoms with Crippen LogP contribution in [0.5, 0.6) is 0 Å². The zero-order chi connectivity index (χ0) is 35.6. The van der Waals surface area contributed by atoms with E-state index >= 15 is 0 Å². The van der Waals surface area contributed by atoms with E-state index in [-0.39, 0.29) is 10.8 Å². The molecule has 0 bridgehead atoms. The molecule has 0 unspecified atom stereocenters. The molecule has 0 N–H and O–H groups in total. The molecule has 0 aliphatic rings. The van der Waals surface area contributed by atoms with Crippen LogP contribution < -0.4 is 0 Å². The fourth-order valence-electron chi connectivity index (χ4n) is 8.21. The summed E-state index contributed by atoms with van der Waals surface area (Å²) >= 11 is 0. The van der Waals surface area contributed by atoms with Gasteiger partial charge in [-0.3, -0.25) is 0 Å². The van der Waals surface area contributed by atoms with Crippen LogP contribution in [0.15, 0.2) is 157 Å². The van der Waals surface area contributed by atoms with E-state index in [1.54, 1.807) is 48.5 Å². The standard InChI is InChI=1S/C48H31F3O/c1-3-16-31-30(4-2)42(29-17-6-5-7-18-29)32-19-8-9-20-33(32)44(31)39-26-14-27-40-45-38(25-15-28-41(45)52-47(39)40)43-34-21-10-12-23-36(34)46(48(49,50)51)37-24-13-11-22-35(37)43/h3-28H,2H2,1H3/b16-3-. The van der Waals surface area contributed by atoms with Crippen LogP contribution in [0.3, 0.4) is 0 Å². The first-order chi connectivity index (χ1) is 25.4. The molecule has 250 valence electrons. The lowest BCUT2D eigenvalue weighted by atomic mass is 9.83. The first kappa shape index (κ1) is 31.6. The van der Waals surface area contributed by atoms with Crippen molar-refractivity contribution in [3.8, 4) is 33.4 Å². The Morgan fingerprint density at radius 3 is 1.63 bits per heavy atom. The van der Waals surface area contributed by atoms with Gasteiger partial charge in [-0.05, 0) is 78.7 Å². The molecule has 0 amide bonds. The summed E-state index contributed by atoms with van der Waals surface area (Å²) in [6.07, 6.45) is 1.59. The van der Waals surface area contributed by atoms with Crippen molar-refractivity contribution in [1.29, 1.82) is 0 Å². The predicted molar refractivity (Wildman–Crippen MR) is 212 cm³/mol. The summed E-state index contributed by atoms with van der Waals surface area (Å²) in [4.78, 5) is 0. The molecule has 8 aromatic carbocycles. The first-order valence-corrected chi connectivity index (χ1v) is 17.3. The average molecular weight is 681 g/mol. The van der Waals surface area contributed by atoms with E-state index in [1.807, 2.05) is 55.5 Å². The molecule has 0 aliphatic heterocycles. The van der Waals surface area contributed by atoms with Crippen molar-refractivity contribution in [2.24, 2.45) is 0 Å². The molecule has 0 saturated heterocycles. The molecule has 1 nitrogen and oxygen atoms in total. The van der Waals surface area contributed by atoms with E-state index in [1.165, 1.54) is 0 Å². The number of allylic oxidation sites excluding steroid dienone is 1. The van der Waals surface area contributed by atoms with E-state index in [9.17, 15) is 13.2 Å². The van der Waals surface area contributed by atoms with Crippen molar-refractivity contribution in [2.45, 2.75) is 13.1 Å². The molecule has 0 fully saturated rings. The van der Waals surface area contributed by atoms with Crippen LogP contribution in [0, 0.1) is 0 Å². The largest absolute Gasteiger partial charge is 0.455 e. The molecule has 0 saturated carbocycles. The van der Waals surface area contributed by atoms with E-state index in [0.29, 0.717) is 21.9 Å². The summed E-state index contributed by atoms with van der Waals surface area (Å²) in [7, 11) is 0. The second kappa shape index (κ2) is 12.1. The van der Waals surface area contributed by atoms with Gasteiger partial charge in [-0.2, -0.15) is 13.2 Å². The van der Waals surface area contributed by atoms with Crippen LogP contribution in [0.4, 0.5) is 13.2 Å². The highest BCUT2D eigenvalue weighted by Gasteiger charge is 2.36. The molecular weight excluding hydrogens is 650 g/mol. The lowest BCUT2D eigenvalue weighted by molar-refractivity contribution is -0.135. The van der Waals surface area contributed by atoms with Crippen molar-refractivity contribution in [3.63, 3.8) is 0 Å². The van der Waals surface area contributed by atoms with Crippen molar-refractivity contribution in [1.82, 2.24) is 0 Å². The third-order valence-electron chi connectivity index (χ3n) is 10.2. The number of para-hydroxylation sites is 1. The van der Waals surface area contributed by atoms with Crippen LogP contribution in [-0.2, 0) is 6.18 Å². The average Bonchev–Trinajstić information content (AvgIpc) is 3.56. The Balaban J connectivity index is 1.41. The van der Waals surface area contributed by atoms with Crippen LogP contribution in [0.2, 0.25) is 0 Å². The summed E-state index contributed by atoms with van der Waals surface area (Å²) in [5, 5.41) is 5.35. The summed E-state index contributed by atoms with van der Waals surface area (Å²) < 4.78 is 51.1. The lowest BCUT2D eigenvalue weighted by Crippen LogP contribution is -2.07. The number of hydrogen-bond acceptors (Lipinski definition) is 1. The van der Waals surface area contributed by atoms with Gasteiger partial charge in [0.1, 0.15) is 11.2 Å². The van der Waals surface area contributed by atoms with Crippen molar-refractivity contribution >= 4 is 66.4 Å². The highest BCUT2D eigenvalue weighted by Crippen LogP contribution is 2.50. The Morgan fingerprint density at radius 1 is 0.519 bits per heavy atom. The van der Waals surface area contributed by atoms with Gasteiger partial charge in [0.15, 0.2) is 0 Å². The number of alkyl halides is 3. The topological polar surface area (TPSA) is 13.1 Å². The molecule has 0 atom stereocenters. The maximum atomic E-state index is 14.7. The summed E-state index contributed by atoms with van der Waals surface area (Å²) in [5.41, 5.74) is 8.55. The maximum absolute atomic E-state index is 14.7. The summed E-state index contributed by atoms with van der Waals surface area (Å²) in [6.45, 7) is 6.30. The van der Waals surface area contributed by atoms with Crippen molar-refractivity contribution < 1.29 is 17.6 Å². The van der Waals surface area contributed by atoms with Gasteiger partial charge < -0.3 is 4.42 Å². The second-order valence-corrected chi connectivity index (χ2v) is 13.0. The number of hydrogen-bond donors (Lipinski definition) is 0. The Hall–Kier alpha value is -6.39. The van der Waals surface area contributed by atoms with Gasteiger partial charge in [0.05, 0.1) is 5.56 Å². The number of benzene rings is 8. The van der Waals surface area contributed by atoms with Crippen LogP contribution in [-0.4, -0.2) is 0 Å². The molecule has 1 aromatic heterocycles. The van der Waals surface area contributed by atoms with Crippen LogP contribution in [0.1, 0.15) is 23.6 Å². The third-order valence-corrected chi connectivity index (χ3v) is 10.2. The molecule has 1 heterocycles. The van der Waals surface area contributed by atoms with Gasteiger partial charge in [-0.25, -0.2) is 0 Å². The van der Waals surface area contributed by atoms with Crippen LogP contribution in [0.25, 0.3) is 99.8 Å². The van der Waals surface area contributed by atoms with Gasteiger partial charge in [-0.1, -0.05) is 158 Å². The smallest absolute Gasteiger partial charge is 0.417 e. The second-order valence-electron chi connectivity index (χ2n) is 13.0. The number of fused-ring (bicyclic) bond motifs is 6. The minimum absolute atomic E-state index is 0.173. The van der Waals surface area contributed by atoms with Gasteiger partial charge >= 0.3 is 6.18 Å². The van der Waals surface area contributed by atoms with E-state index < -0.39 is 11.7 Å². The zero-order valence-electron chi connectivity index (χ0n) is 28.3. The number of halogens is 3. The Bertz CT molecular complexity index is 2850. The highest BCUT2D eigenvalue weighted by atomic mass is 19.4. The SMILES string of the molecule is C=Cc1c(/C=C\C)c(-c2cccc3c2oc2cccc(-c4c5ccccc5c(C(F)(F)F)c5ccccc45)c23)c2ccccc2c1-c1ccccc1. The number of rotatable bonds is 5. The summed E-state index contributed by atoms with van der Waals surface area (Å²) in [6, 6.07) is 44.5. The molecule has 0 aliphatic carbocycles. The van der Waals surface area contributed by atoms with Gasteiger partial charge in [0.2, 0.25) is 0 Å². The minimum atomic E-state index is -4.53. The van der Waals surface area contributed by atoms with Crippen molar-refractivity contribution in [3.05, 3.63) is 169 Å². The minimum Gasteiger partial charge on any atom is -0.455 e. The lowest BCUT2D eigenvalue weighted by Gasteiger charge is -2.20. The normalized spacial score (nSPS) is 12.2. The Labute approximate surface area is 298 Å². The Kier molecular flexibility index (Phi) is 7.37. The molecule has 9 rings (SSSR count). The fraction of sp³-hybridized carbons (Fsp3) is 0.0417. The van der Waals surface area contributed by atoms with Gasteiger partial charge in [0.25, 0.3) is 0 Å². The van der Waals surface area contributed by atoms with Crippen LogP contribution >= 0.6 is 0 Å². The third kappa shape index (κ3) is 4.71. The van der Waals surface area contributed by atoms with Gasteiger partial charge in [-0.15, -0.1) is 0 Å². The van der Waals surface area contributed by atoms with E-state index in [2.05, 4.69) is 67.3 Å². The quantitative estimate of drug-likeness (QED) is 0.165. The van der Waals surface area contributed by atoms with Crippen molar-refractivity contribution in [2.75, 3.05) is 0 Å². The van der Waals surface area contributed by atoms with E-state index in [4.69, 9.17) is 4.42 Å². The molecule has 0 spiro atoms. The van der Waals surface area contributed by atoms with E-state index in [0.717, 1.165) is 66.1 Å². The fourth-order valence-corrected chi connectivity index (χ4v) is 8.21. The Morgan fingerprint density at radius 2 is 1.04 bits per heavy atom. The molecule has 4 heteroatoms. The summed E-state index contributed by atoms with van der Waals surface area (Å²) in [5.74, 6) is 0. The first-order valence-electron chi connectivity index (χ1n) is 17.3. The zero-order valence-corrected chi connectivity index (χ0v) is 28.3. The molecule has 0 radical (unpaired) electrons.